The Morgan fingerprint density at radius 1 is 1.73 bits per heavy atom. The van der Waals surface area contributed by atoms with E-state index >= 15 is 0 Å². The van der Waals surface area contributed by atoms with Crippen molar-refractivity contribution in [3.8, 4) is 0 Å². The van der Waals surface area contributed by atoms with Gasteiger partial charge in [0.25, 0.3) is 0 Å². The van der Waals surface area contributed by atoms with Crippen molar-refractivity contribution < 1.29 is 9.26 Å². The molecule has 0 aromatic carbocycles. The number of hydrogen-bond donors (Lipinski definition) is 0. The molecule has 1 aliphatic heterocycles. The summed E-state index contributed by atoms with van der Waals surface area (Å²) >= 11 is 0. The highest BCUT2D eigenvalue weighted by Gasteiger charge is 2.27. The van der Waals surface area contributed by atoms with Crippen molar-refractivity contribution in [3.05, 3.63) is 0 Å². The monoisotopic (exact) mass is 172 g/mol. The lowest BCUT2D eigenvalue weighted by molar-refractivity contribution is 0.0525. The van der Waals surface area contributed by atoms with Crippen molar-refractivity contribution in [2.75, 3.05) is 13.3 Å². The average molecular weight is 172 g/mol. The highest BCUT2D eigenvalue weighted by molar-refractivity contribution is 7.31. The van der Waals surface area contributed by atoms with Crippen LogP contribution in [0.5, 0.6) is 0 Å². The van der Waals surface area contributed by atoms with Crippen LogP contribution in [-0.2, 0) is 9.26 Å². The summed E-state index contributed by atoms with van der Waals surface area (Å²) < 4.78 is 10.7. The van der Waals surface area contributed by atoms with Crippen LogP contribution in [-0.4, -0.2) is 33.2 Å². The summed E-state index contributed by atoms with van der Waals surface area (Å²) in [5.74, 6) is 0.476. The van der Waals surface area contributed by atoms with Gasteiger partial charge in [0, 0.05) is 14.8 Å². The predicted molar refractivity (Wildman–Crippen MR) is 48.4 cm³/mol. The second-order valence-electron chi connectivity index (χ2n) is 2.95. The minimum Gasteiger partial charge on any atom is -0.382 e. The fourth-order valence-electron chi connectivity index (χ4n) is 1.24. The lowest BCUT2D eigenvalue weighted by Gasteiger charge is -2.10. The molecule has 1 saturated heterocycles. The molecule has 1 fully saturated rings. The first-order valence-corrected chi connectivity index (χ1v) is 5.34. The van der Waals surface area contributed by atoms with E-state index in [0.29, 0.717) is 21.3 Å². The Morgan fingerprint density at radius 3 is 2.91 bits per heavy atom. The lowest BCUT2D eigenvalue weighted by atomic mass is 9.88. The molecule has 0 saturated carbocycles. The molecule has 62 valence electrons. The standard InChI is InChI=1S/C7H14BO2P/c1-5-3-6(4-9-11-2)10-7(5)8/h5-7,11H,3-4H2,1-2H3/t5?,6-,7+/m0/s1. The van der Waals surface area contributed by atoms with Gasteiger partial charge in [0.1, 0.15) is 7.85 Å². The van der Waals surface area contributed by atoms with Crippen LogP contribution in [0.4, 0.5) is 0 Å². The summed E-state index contributed by atoms with van der Waals surface area (Å²) in [7, 11) is 6.21. The first kappa shape index (κ1) is 9.50. The van der Waals surface area contributed by atoms with Crippen LogP contribution in [0.3, 0.4) is 0 Å². The quantitative estimate of drug-likeness (QED) is 0.469. The van der Waals surface area contributed by atoms with E-state index in [-0.39, 0.29) is 12.1 Å². The fourth-order valence-corrected chi connectivity index (χ4v) is 1.60. The molecule has 0 aromatic heterocycles. The van der Waals surface area contributed by atoms with Gasteiger partial charge in [-0.15, -0.1) is 0 Å². The van der Waals surface area contributed by atoms with Crippen molar-refractivity contribution in [1.29, 1.82) is 0 Å². The first-order chi connectivity index (χ1) is 5.24. The molecule has 0 N–H and O–H groups in total. The van der Waals surface area contributed by atoms with E-state index in [0.717, 1.165) is 6.42 Å². The molecule has 2 nitrogen and oxygen atoms in total. The molecular weight excluding hydrogens is 158 g/mol. The van der Waals surface area contributed by atoms with Gasteiger partial charge in [0.15, 0.2) is 0 Å². The van der Waals surface area contributed by atoms with Crippen LogP contribution in [0.2, 0.25) is 0 Å². The van der Waals surface area contributed by atoms with E-state index in [1.807, 2.05) is 6.66 Å². The Labute approximate surface area is 71.3 Å². The zero-order valence-electron chi connectivity index (χ0n) is 7.04. The highest BCUT2D eigenvalue weighted by atomic mass is 31.1. The molecule has 2 unspecified atom stereocenters. The van der Waals surface area contributed by atoms with Gasteiger partial charge >= 0.3 is 0 Å². The zero-order chi connectivity index (χ0) is 8.27. The van der Waals surface area contributed by atoms with Crippen LogP contribution < -0.4 is 0 Å². The van der Waals surface area contributed by atoms with Gasteiger partial charge in [-0.3, -0.25) is 0 Å². The Kier molecular flexibility index (Phi) is 3.84. The van der Waals surface area contributed by atoms with Crippen LogP contribution in [0, 0.1) is 5.92 Å². The van der Waals surface area contributed by atoms with Gasteiger partial charge in [-0.1, -0.05) is 6.92 Å². The molecule has 4 atom stereocenters. The van der Waals surface area contributed by atoms with Gasteiger partial charge in [-0.2, -0.15) is 0 Å². The minimum absolute atomic E-state index is 0.0798. The largest absolute Gasteiger partial charge is 0.382 e. The molecule has 4 heteroatoms. The maximum absolute atomic E-state index is 5.66. The van der Waals surface area contributed by atoms with Gasteiger partial charge in [0.2, 0.25) is 0 Å². The van der Waals surface area contributed by atoms with E-state index in [2.05, 4.69) is 6.92 Å². The molecule has 2 radical (unpaired) electrons. The molecule has 0 aromatic rings. The molecule has 11 heavy (non-hydrogen) atoms. The Morgan fingerprint density at radius 2 is 2.45 bits per heavy atom. The van der Waals surface area contributed by atoms with Gasteiger partial charge < -0.3 is 9.26 Å². The van der Waals surface area contributed by atoms with E-state index < -0.39 is 0 Å². The zero-order valence-corrected chi connectivity index (χ0v) is 8.04. The summed E-state index contributed by atoms with van der Waals surface area (Å²) in [6.07, 6.45) is 1.26. The van der Waals surface area contributed by atoms with Crippen LogP contribution >= 0.6 is 8.81 Å². The fraction of sp³-hybridized carbons (Fsp3) is 1.00. The molecule has 0 amide bonds. The van der Waals surface area contributed by atoms with Crippen molar-refractivity contribution in [2.24, 2.45) is 5.92 Å². The smallest absolute Gasteiger partial charge is 0.109 e. The Hall–Kier alpha value is 0.415. The number of ether oxygens (including phenoxy) is 1. The Balaban J connectivity index is 2.18. The predicted octanol–water partition coefficient (Wildman–Crippen LogP) is 1.15. The first-order valence-electron chi connectivity index (χ1n) is 3.93. The number of hydrogen-bond acceptors (Lipinski definition) is 2. The summed E-state index contributed by atoms with van der Waals surface area (Å²) in [5, 5.41) is 0. The summed E-state index contributed by atoms with van der Waals surface area (Å²) in [6, 6.07) is -0.0798. The third kappa shape index (κ3) is 2.74. The van der Waals surface area contributed by atoms with E-state index in [1.165, 1.54) is 0 Å². The van der Waals surface area contributed by atoms with E-state index in [4.69, 9.17) is 17.1 Å². The van der Waals surface area contributed by atoms with Crippen LogP contribution in [0.25, 0.3) is 0 Å². The lowest BCUT2D eigenvalue weighted by Crippen LogP contribution is -2.15. The third-order valence-electron chi connectivity index (χ3n) is 1.96. The summed E-state index contributed by atoms with van der Waals surface area (Å²) in [4.78, 5) is 0. The average Bonchev–Trinajstić information content (AvgIpc) is 2.28. The molecule has 0 spiro atoms. The van der Waals surface area contributed by atoms with Crippen molar-refractivity contribution in [1.82, 2.24) is 0 Å². The van der Waals surface area contributed by atoms with Gasteiger partial charge in [-0.05, 0) is 19.0 Å². The minimum atomic E-state index is -0.0798. The molecule has 1 aliphatic rings. The topological polar surface area (TPSA) is 18.5 Å². The molecule has 1 heterocycles. The Bertz CT molecular complexity index is 113. The highest BCUT2D eigenvalue weighted by Crippen LogP contribution is 2.25. The molecule has 0 aliphatic carbocycles. The van der Waals surface area contributed by atoms with Crippen molar-refractivity contribution >= 4 is 16.7 Å². The molecule has 1 rings (SSSR count). The van der Waals surface area contributed by atoms with Crippen molar-refractivity contribution in [3.63, 3.8) is 0 Å². The normalized spacial score (nSPS) is 38.9. The maximum Gasteiger partial charge on any atom is 0.109 e. The van der Waals surface area contributed by atoms with Gasteiger partial charge in [-0.25, -0.2) is 0 Å². The van der Waals surface area contributed by atoms with E-state index in [9.17, 15) is 0 Å². The van der Waals surface area contributed by atoms with Crippen molar-refractivity contribution in [2.45, 2.75) is 25.5 Å². The van der Waals surface area contributed by atoms with Gasteiger partial charge in [0.05, 0.1) is 12.7 Å². The third-order valence-corrected chi connectivity index (χ3v) is 2.41. The second kappa shape index (κ2) is 4.44. The van der Waals surface area contributed by atoms with E-state index in [1.54, 1.807) is 0 Å². The summed E-state index contributed by atoms with van der Waals surface area (Å²) in [6.45, 7) is 4.82. The molecule has 0 bridgehead atoms. The maximum atomic E-state index is 5.66. The van der Waals surface area contributed by atoms with Crippen LogP contribution in [0.1, 0.15) is 13.3 Å². The number of rotatable bonds is 3. The van der Waals surface area contributed by atoms with Crippen LogP contribution in [0.15, 0.2) is 0 Å². The second-order valence-corrected chi connectivity index (χ2v) is 3.65. The SMILES string of the molecule is [B][C@@H]1O[C@H](COPC)CC1C. The summed E-state index contributed by atoms with van der Waals surface area (Å²) in [5.41, 5.74) is 0. The molecular formula is C7H14BO2P.